The monoisotopic (exact) mass is 468 g/mol. The minimum atomic E-state index is -0.527. The third-order valence-corrected chi connectivity index (χ3v) is 5.39. The summed E-state index contributed by atoms with van der Waals surface area (Å²) in [7, 11) is 1.56. The normalized spacial score (nSPS) is 10.8. The number of carbonyl (C=O) groups excluding carboxylic acids is 2. The number of aromatic nitrogens is 2. The van der Waals surface area contributed by atoms with E-state index in [-0.39, 0.29) is 22.9 Å². The number of rotatable bonds is 6. The van der Waals surface area contributed by atoms with Gasteiger partial charge >= 0.3 is 0 Å². The number of phenols is 1. The Morgan fingerprint density at radius 2 is 1.69 bits per heavy atom. The number of aromatic hydroxyl groups is 1. The van der Waals surface area contributed by atoms with Crippen molar-refractivity contribution in [3.8, 4) is 22.8 Å². The summed E-state index contributed by atoms with van der Waals surface area (Å²) in [5, 5.41) is 23.0. The van der Waals surface area contributed by atoms with Gasteiger partial charge in [-0.2, -0.15) is 5.10 Å². The summed E-state index contributed by atoms with van der Waals surface area (Å²) < 4.78 is 10.9. The molecule has 4 N–H and O–H groups in total. The van der Waals surface area contributed by atoms with Crippen LogP contribution in [0.2, 0.25) is 0 Å². The highest BCUT2D eigenvalue weighted by atomic mass is 16.5. The standard InChI is InChI=1S/C26H20N4O5/c1-34-16-12-10-15(11-13-16)27-26(33)24-23(18-7-3-5-9-22(18)35-24)28-25(32)20-14-19(29-30-20)17-6-2-4-8-21(17)31/h2-14,31H,1H3,(H,27,33)(H,28,32)(H,29,30). The minimum absolute atomic E-state index is 0.0455. The van der Waals surface area contributed by atoms with Crippen LogP contribution in [0.1, 0.15) is 21.0 Å². The molecule has 0 aliphatic rings. The number of aromatic amines is 1. The van der Waals surface area contributed by atoms with Crippen molar-refractivity contribution < 1.29 is 23.8 Å². The summed E-state index contributed by atoms with van der Waals surface area (Å²) in [6.07, 6.45) is 0. The number of ether oxygens (including phenoxy) is 1. The Morgan fingerprint density at radius 3 is 2.46 bits per heavy atom. The Labute approximate surface area is 199 Å². The molecule has 0 spiro atoms. The van der Waals surface area contributed by atoms with Gasteiger partial charge in [-0.05, 0) is 54.6 Å². The number of hydrogen-bond donors (Lipinski definition) is 4. The average molecular weight is 468 g/mol. The number of H-pyrrole nitrogens is 1. The lowest BCUT2D eigenvalue weighted by Gasteiger charge is -2.07. The van der Waals surface area contributed by atoms with E-state index in [1.54, 1.807) is 73.8 Å². The number of amides is 2. The van der Waals surface area contributed by atoms with Crippen molar-refractivity contribution in [2.45, 2.75) is 0 Å². The molecule has 9 heteroatoms. The van der Waals surface area contributed by atoms with Crippen molar-refractivity contribution >= 4 is 34.2 Å². The second-order valence-electron chi connectivity index (χ2n) is 7.62. The van der Waals surface area contributed by atoms with Crippen LogP contribution < -0.4 is 15.4 Å². The Balaban J connectivity index is 1.44. The van der Waals surface area contributed by atoms with E-state index in [0.29, 0.717) is 33.7 Å². The van der Waals surface area contributed by atoms with Gasteiger partial charge < -0.3 is 24.9 Å². The van der Waals surface area contributed by atoms with Crippen LogP contribution >= 0.6 is 0 Å². The predicted octanol–water partition coefficient (Wildman–Crippen LogP) is 5.04. The molecule has 2 amide bonds. The maximum Gasteiger partial charge on any atom is 0.293 e. The molecule has 3 aromatic carbocycles. The number of anilines is 2. The van der Waals surface area contributed by atoms with E-state index >= 15 is 0 Å². The number of nitrogens with zero attached hydrogens (tertiary/aromatic N) is 1. The Kier molecular flexibility index (Phi) is 5.64. The van der Waals surface area contributed by atoms with Crippen LogP contribution in [0.5, 0.6) is 11.5 Å². The SMILES string of the molecule is COc1ccc(NC(=O)c2oc3ccccc3c2NC(=O)c2cc(-c3ccccc3O)n[nH]2)cc1. The Hall–Kier alpha value is -5.05. The van der Waals surface area contributed by atoms with E-state index in [1.165, 1.54) is 12.1 Å². The quantitative estimate of drug-likeness (QED) is 0.276. The average Bonchev–Trinajstić information content (AvgIpc) is 3.51. The van der Waals surface area contributed by atoms with E-state index in [9.17, 15) is 14.7 Å². The van der Waals surface area contributed by atoms with Crippen LogP contribution in [0.25, 0.3) is 22.2 Å². The molecule has 5 rings (SSSR count). The molecule has 0 aliphatic heterocycles. The van der Waals surface area contributed by atoms with Crippen LogP contribution in [-0.2, 0) is 0 Å². The van der Waals surface area contributed by atoms with Crippen molar-refractivity contribution in [2.75, 3.05) is 17.7 Å². The number of fused-ring (bicyclic) bond motifs is 1. The maximum absolute atomic E-state index is 13.1. The molecule has 0 bridgehead atoms. The number of nitrogens with one attached hydrogen (secondary N) is 3. The zero-order valence-electron chi connectivity index (χ0n) is 18.5. The van der Waals surface area contributed by atoms with Gasteiger partial charge in [-0.1, -0.05) is 24.3 Å². The van der Waals surface area contributed by atoms with Crippen molar-refractivity contribution in [3.63, 3.8) is 0 Å². The number of furan rings is 1. The van der Waals surface area contributed by atoms with Crippen LogP contribution in [0.3, 0.4) is 0 Å². The summed E-state index contributed by atoms with van der Waals surface area (Å²) in [5.74, 6) is -0.395. The molecule has 0 saturated heterocycles. The molecule has 0 saturated carbocycles. The molecule has 0 radical (unpaired) electrons. The first kappa shape index (κ1) is 21.8. The van der Waals surface area contributed by atoms with Gasteiger partial charge in [0.05, 0.1) is 12.8 Å². The molecule has 2 heterocycles. The van der Waals surface area contributed by atoms with Crippen molar-refractivity contribution in [2.24, 2.45) is 0 Å². The molecular formula is C26H20N4O5. The Bertz CT molecular complexity index is 1540. The summed E-state index contributed by atoms with van der Waals surface area (Å²) in [6.45, 7) is 0. The van der Waals surface area contributed by atoms with Gasteiger partial charge in [0.25, 0.3) is 11.8 Å². The molecular weight excluding hydrogens is 448 g/mol. The molecule has 174 valence electrons. The summed E-state index contributed by atoms with van der Waals surface area (Å²) in [4.78, 5) is 26.1. The second-order valence-corrected chi connectivity index (χ2v) is 7.62. The molecule has 5 aromatic rings. The van der Waals surface area contributed by atoms with Crippen LogP contribution in [0.4, 0.5) is 11.4 Å². The number of methoxy groups -OCH3 is 1. The fourth-order valence-corrected chi connectivity index (χ4v) is 3.64. The smallest absolute Gasteiger partial charge is 0.293 e. The fourth-order valence-electron chi connectivity index (χ4n) is 3.64. The number of benzene rings is 3. The highest BCUT2D eigenvalue weighted by molar-refractivity contribution is 6.16. The van der Waals surface area contributed by atoms with Gasteiger partial charge in [0.15, 0.2) is 0 Å². The highest BCUT2D eigenvalue weighted by Gasteiger charge is 2.24. The molecule has 0 aliphatic carbocycles. The molecule has 9 nitrogen and oxygen atoms in total. The van der Waals surface area contributed by atoms with E-state index in [2.05, 4.69) is 20.8 Å². The van der Waals surface area contributed by atoms with Crippen LogP contribution in [-0.4, -0.2) is 34.2 Å². The van der Waals surface area contributed by atoms with Gasteiger partial charge in [0, 0.05) is 16.6 Å². The van der Waals surface area contributed by atoms with Gasteiger partial charge in [-0.15, -0.1) is 0 Å². The van der Waals surface area contributed by atoms with Crippen molar-refractivity contribution in [1.82, 2.24) is 10.2 Å². The molecule has 0 unspecified atom stereocenters. The topological polar surface area (TPSA) is 129 Å². The van der Waals surface area contributed by atoms with E-state index in [4.69, 9.17) is 9.15 Å². The predicted molar refractivity (Wildman–Crippen MR) is 131 cm³/mol. The van der Waals surface area contributed by atoms with E-state index < -0.39 is 11.8 Å². The van der Waals surface area contributed by atoms with Gasteiger partial charge in [0.1, 0.15) is 28.5 Å². The van der Waals surface area contributed by atoms with Crippen LogP contribution in [0.15, 0.2) is 83.3 Å². The highest BCUT2D eigenvalue weighted by Crippen LogP contribution is 2.32. The fraction of sp³-hybridized carbons (Fsp3) is 0.0385. The summed E-state index contributed by atoms with van der Waals surface area (Å²) in [5.41, 5.74) is 2.25. The first-order chi connectivity index (χ1) is 17.0. The van der Waals surface area contributed by atoms with Gasteiger partial charge in [-0.3, -0.25) is 14.7 Å². The summed E-state index contributed by atoms with van der Waals surface area (Å²) in [6, 6.07) is 22.1. The van der Waals surface area contributed by atoms with Crippen LogP contribution in [0, 0.1) is 0 Å². The van der Waals surface area contributed by atoms with Crippen molar-refractivity contribution in [1.29, 1.82) is 0 Å². The number of para-hydroxylation sites is 2. The lowest BCUT2D eigenvalue weighted by Crippen LogP contribution is -2.17. The van der Waals surface area contributed by atoms with E-state index in [1.807, 2.05) is 0 Å². The molecule has 35 heavy (non-hydrogen) atoms. The second kappa shape index (κ2) is 9.06. The lowest BCUT2D eigenvalue weighted by molar-refractivity contribution is 0.0999. The van der Waals surface area contributed by atoms with Crippen molar-refractivity contribution in [3.05, 3.63) is 90.3 Å². The first-order valence-corrected chi connectivity index (χ1v) is 10.7. The number of hydrogen-bond acceptors (Lipinski definition) is 6. The maximum atomic E-state index is 13.1. The zero-order chi connectivity index (χ0) is 24.4. The third-order valence-electron chi connectivity index (χ3n) is 5.39. The minimum Gasteiger partial charge on any atom is -0.507 e. The van der Waals surface area contributed by atoms with E-state index in [0.717, 1.165) is 0 Å². The molecule has 0 atom stereocenters. The Morgan fingerprint density at radius 1 is 0.943 bits per heavy atom. The zero-order valence-corrected chi connectivity index (χ0v) is 18.5. The van der Waals surface area contributed by atoms with Gasteiger partial charge in [-0.25, -0.2) is 0 Å². The van der Waals surface area contributed by atoms with Gasteiger partial charge in [0.2, 0.25) is 5.76 Å². The largest absolute Gasteiger partial charge is 0.507 e. The lowest BCUT2D eigenvalue weighted by atomic mass is 10.1. The molecule has 2 aromatic heterocycles. The number of phenolic OH excluding ortho intramolecular Hbond substituents is 1. The molecule has 0 fully saturated rings. The first-order valence-electron chi connectivity index (χ1n) is 10.7. The third kappa shape index (κ3) is 4.30. The summed E-state index contributed by atoms with van der Waals surface area (Å²) >= 11 is 0. The number of carbonyl (C=O) groups is 2.